The van der Waals surface area contributed by atoms with Gasteiger partial charge in [-0.25, -0.2) is 5.01 Å². The van der Waals surface area contributed by atoms with Crippen molar-refractivity contribution in [2.24, 2.45) is 0 Å². The average molecular weight is 340 g/mol. The second-order valence-corrected chi connectivity index (χ2v) is 6.14. The quantitative estimate of drug-likeness (QED) is 0.909. The molecular formula is C20H24N2O3. The smallest absolute Gasteiger partial charge is 0.265 e. The first kappa shape index (κ1) is 17.3. The third kappa shape index (κ3) is 3.77. The second kappa shape index (κ2) is 7.57. The molecule has 1 heterocycles. The van der Waals surface area contributed by atoms with E-state index >= 15 is 0 Å². The number of hydrogen-bond acceptors (Lipinski definition) is 4. The Hall–Kier alpha value is -2.53. The fourth-order valence-corrected chi connectivity index (χ4v) is 3.08. The number of carbonyl (C=O) groups excluding carboxylic acids is 1. The molecule has 2 aromatic carbocycles. The van der Waals surface area contributed by atoms with Crippen molar-refractivity contribution >= 4 is 5.91 Å². The molecule has 0 aliphatic carbocycles. The monoisotopic (exact) mass is 340 g/mol. The van der Waals surface area contributed by atoms with Gasteiger partial charge in [0.25, 0.3) is 5.91 Å². The zero-order valence-corrected chi connectivity index (χ0v) is 15.0. The number of fused-ring (bicyclic) bond motifs is 1. The molecule has 0 aromatic heterocycles. The number of aryl methyl sites for hydroxylation is 1. The normalized spacial score (nSPS) is 13.9. The van der Waals surface area contributed by atoms with Crippen molar-refractivity contribution in [2.75, 3.05) is 20.8 Å². The third-order valence-corrected chi connectivity index (χ3v) is 4.60. The van der Waals surface area contributed by atoms with E-state index < -0.39 is 0 Å². The van der Waals surface area contributed by atoms with Crippen LogP contribution in [0, 0.1) is 0 Å². The van der Waals surface area contributed by atoms with Crippen LogP contribution in [0.2, 0.25) is 0 Å². The summed E-state index contributed by atoms with van der Waals surface area (Å²) < 4.78 is 10.7. The van der Waals surface area contributed by atoms with Gasteiger partial charge in [0.05, 0.1) is 14.2 Å². The molecule has 5 heteroatoms. The number of nitrogens with one attached hydrogen (secondary N) is 1. The summed E-state index contributed by atoms with van der Waals surface area (Å²) in [6.07, 6.45) is 1.82. The Morgan fingerprint density at radius 3 is 2.32 bits per heavy atom. The molecule has 1 N–H and O–H groups in total. The van der Waals surface area contributed by atoms with E-state index in [-0.39, 0.29) is 5.91 Å². The largest absolute Gasteiger partial charge is 0.493 e. The molecule has 3 rings (SSSR count). The van der Waals surface area contributed by atoms with Gasteiger partial charge in [0.2, 0.25) is 0 Å². The van der Waals surface area contributed by atoms with Crippen LogP contribution in [0.25, 0.3) is 0 Å². The molecule has 2 aromatic rings. The first-order valence-electron chi connectivity index (χ1n) is 8.53. The molecule has 0 fully saturated rings. The van der Waals surface area contributed by atoms with Crippen LogP contribution in [0.5, 0.6) is 11.5 Å². The van der Waals surface area contributed by atoms with E-state index in [1.54, 1.807) is 14.2 Å². The van der Waals surface area contributed by atoms with Crippen LogP contribution in [-0.4, -0.2) is 31.7 Å². The van der Waals surface area contributed by atoms with E-state index in [0.29, 0.717) is 17.9 Å². The summed E-state index contributed by atoms with van der Waals surface area (Å²) in [6.45, 7) is 3.51. The number of ether oxygens (including phenoxy) is 2. The number of amides is 1. The van der Waals surface area contributed by atoms with E-state index in [9.17, 15) is 4.79 Å². The van der Waals surface area contributed by atoms with Crippen molar-refractivity contribution in [3.05, 3.63) is 58.7 Å². The lowest BCUT2D eigenvalue weighted by Gasteiger charge is -2.29. The minimum absolute atomic E-state index is 0.0772. The van der Waals surface area contributed by atoms with Gasteiger partial charge in [-0.05, 0) is 53.8 Å². The first-order valence-corrected chi connectivity index (χ1v) is 8.53. The Morgan fingerprint density at radius 2 is 1.72 bits per heavy atom. The molecule has 25 heavy (non-hydrogen) atoms. The molecule has 0 atom stereocenters. The Balaban J connectivity index is 1.70. The molecule has 1 aliphatic heterocycles. The van der Waals surface area contributed by atoms with Crippen LogP contribution in [0.1, 0.15) is 34.0 Å². The van der Waals surface area contributed by atoms with Gasteiger partial charge in [-0.3, -0.25) is 10.2 Å². The summed E-state index contributed by atoms with van der Waals surface area (Å²) in [5, 5.41) is 1.95. The van der Waals surface area contributed by atoms with Crippen LogP contribution in [0.15, 0.2) is 36.4 Å². The number of carbonyl (C=O) groups is 1. The highest BCUT2D eigenvalue weighted by Gasteiger charge is 2.21. The highest BCUT2D eigenvalue weighted by Crippen LogP contribution is 2.32. The third-order valence-electron chi connectivity index (χ3n) is 4.60. The van der Waals surface area contributed by atoms with Gasteiger partial charge in [0.15, 0.2) is 11.5 Å². The van der Waals surface area contributed by atoms with Crippen molar-refractivity contribution in [3.63, 3.8) is 0 Å². The van der Waals surface area contributed by atoms with E-state index in [2.05, 4.69) is 12.3 Å². The maximum absolute atomic E-state index is 12.5. The summed E-state index contributed by atoms with van der Waals surface area (Å²) in [4.78, 5) is 12.5. The van der Waals surface area contributed by atoms with E-state index in [1.807, 2.05) is 41.4 Å². The number of methoxy groups -OCH3 is 2. The zero-order valence-electron chi connectivity index (χ0n) is 15.0. The topological polar surface area (TPSA) is 50.8 Å². The van der Waals surface area contributed by atoms with Crippen LogP contribution in [0.4, 0.5) is 0 Å². The Labute approximate surface area is 148 Å². The van der Waals surface area contributed by atoms with Crippen molar-refractivity contribution in [2.45, 2.75) is 26.3 Å². The van der Waals surface area contributed by atoms with E-state index in [4.69, 9.17) is 9.47 Å². The van der Waals surface area contributed by atoms with Crippen molar-refractivity contribution in [1.29, 1.82) is 0 Å². The average Bonchev–Trinajstić information content (AvgIpc) is 2.66. The summed E-state index contributed by atoms with van der Waals surface area (Å²) in [6, 6.07) is 11.8. The molecule has 0 radical (unpaired) electrons. The molecule has 5 nitrogen and oxygen atoms in total. The molecule has 0 saturated carbocycles. The molecular weight excluding hydrogens is 316 g/mol. The lowest BCUT2D eigenvalue weighted by molar-refractivity contribution is 0.0763. The number of hydrogen-bond donors (Lipinski definition) is 1. The van der Waals surface area contributed by atoms with Gasteiger partial charge in [0, 0.05) is 18.7 Å². The van der Waals surface area contributed by atoms with Gasteiger partial charge in [0.1, 0.15) is 0 Å². The van der Waals surface area contributed by atoms with Crippen molar-refractivity contribution in [1.82, 2.24) is 10.4 Å². The molecule has 0 unspecified atom stereocenters. The summed E-state index contributed by atoms with van der Waals surface area (Å²) >= 11 is 0. The molecule has 0 saturated heterocycles. The predicted octanol–water partition coefficient (Wildman–Crippen LogP) is 2.97. The summed E-state index contributed by atoms with van der Waals surface area (Å²) in [5.74, 6) is 1.38. The van der Waals surface area contributed by atoms with E-state index in [1.165, 1.54) is 11.1 Å². The lowest BCUT2D eigenvalue weighted by atomic mass is 10.00. The maximum Gasteiger partial charge on any atom is 0.265 e. The minimum atomic E-state index is -0.0772. The van der Waals surface area contributed by atoms with Crippen molar-refractivity contribution < 1.29 is 14.3 Å². The zero-order chi connectivity index (χ0) is 17.8. The number of nitrogens with zero attached hydrogens (tertiary/aromatic N) is 1. The van der Waals surface area contributed by atoms with Gasteiger partial charge < -0.3 is 9.47 Å². The highest BCUT2D eigenvalue weighted by molar-refractivity contribution is 5.93. The lowest BCUT2D eigenvalue weighted by Crippen LogP contribution is -2.44. The first-order chi connectivity index (χ1) is 12.1. The van der Waals surface area contributed by atoms with Crippen LogP contribution >= 0.6 is 0 Å². The van der Waals surface area contributed by atoms with Gasteiger partial charge >= 0.3 is 0 Å². The van der Waals surface area contributed by atoms with Crippen molar-refractivity contribution in [3.8, 4) is 11.5 Å². The Bertz CT molecular complexity index is 756. The minimum Gasteiger partial charge on any atom is -0.493 e. The summed E-state index contributed by atoms with van der Waals surface area (Å²) in [5.41, 5.74) is 7.28. The second-order valence-electron chi connectivity index (χ2n) is 6.14. The Morgan fingerprint density at radius 1 is 1.08 bits per heavy atom. The number of rotatable bonds is 5. The number of hydrazine groups is 1. The van der Waals surface area contributed by atoms with Crippen LogP contribution in [-0.2, 0) is 19.4 Å². The number of benzene rings is 2. The SMILES string of the molecule is CCc1ccc(C(=O)NN2CCc3cc(OC)c(OC)cc3C2)cc1. The standard InChI is InChI=1S/C20H24N2O3/c1-4-14-5-7-15(8-6-14)20(23)21-22-10-9-16-11-18(24-2)19(25-3)12-17(16)13-22/h5-8,11-12H,4,9-10,13H2,1-3H3,(H,21,23). The van der Waals surface area contributed by atoms with E-state index in [0.717, 1.165) is 30.7 Å². The fraction of sp³-hybridized carbons (Fsp3) is 0.350. The molecule has 0 bridgehead atoms. The van der Waals surface area contributed by atoms with Crippen LogP contribution in [0.3, 0.4) is 0 Å². The van der Waals surface area contributed by atoms with Gasteiger partial charge in [-0.15, -0.1) is 0 Å². The summed E-state index contributed by atoms with van der Waals surface area (Å²) in [7, 11) is 3.27. The van der Waals surface area contributed by atoms with Crippen LogP contribution < -0.4 is 14.9 Å². The molecule has 1 aliphatic rings. The highest BCUT2D eigenvalue weighted by atomic mass is 16.5. The molecule has 0 spiro atoms. The molecule has 132 valence electrons. The van der Waals surface area contributed by atoms with Gasteiger partial charge in [-0.2, -0.15) is 0 Å². The fourth-order valence-electron chi connectivity index (χ4n) is 3.08. The van der Waals surface area contributed by atoms with Gasteiger partial charge in [-0.1, -0.05) is 19.1 Å². The predicted molar refractivity (Wildman–Crippen MR) is 96.9 cm³/mol. The maximum atomic E-state index is 12.5. The molecule has 1 amide bonds. The Kier molecular flexibility index (Phi) is 5.24.